The van der Waals surface area contributed by atoms with E-state index in [-0.39, 0.29) is 31.1 Å². The first-order valence-corrected chi connectivity index (χ1v) is 30.5. The van der Waals surface area contributed by atoms with Crippen molar-refractivity contribution < 1.29 is 28.6 Å². The molecule has 0 aliphatic rings. The van der Waals surface area contributed by atoms with Gasteiger partial charge in [-0.15, -0.1) is 0 Å². The van der Waals surface area contributed by atoms with E-state index in [0.717, 1.165) is 70.6 Å². The molecule has 1 unspecified atom stereocenters. The normalized spacial score (nSPS) is 12.2. The lowest BCUT2D eigenvalue weighted by Gasteiger charge is -2.18. The van der Waals surface area contributed by atoms with Crippen LogP contribution in [0.2, 0.25) is 0 Å². The average molecular weight is 970 g/mol. The van der Waals surface area contributed by atoms with E-state index >= 15 is 0 Å². The van der Waals surface area contributed by atoms with Crippen LogP contribution in [0.5, 0.6) is 0 Å². The van der Waals surface area contributed by atoms with Crippen LogP contribution >= 0.6 is 0 Å². The molecule has 0 aliphatic heterocycles. The first-order chi connectivity index (χ1) is 34.0. The molecule has 0 saturated carbocycles. The van der Waals surface area contributed by atoms with Gasteiger partial charge in [-0.3, -0.25) is 14.4 Å². The summed E-state index contributed by atoms with van der Waals surface area (Å²) in [6, 6.07) is 0. The number of rotatable bonds is 56. The highest BCUT2D eigenvalue weighted by Crippen LogP contribution is 2.17. The van der Waals surface area contributed by atoms with E-state index in [2.05, 4.69) is 57.2 Å². The molecule has 0 aromatic heterocycles. The van der Waals surface area contributed by atoms with Gasteiger partial charge in [0.05, 0.1) is 0 Å². The quantitative estimate of drug-likeness (QED) is 0.0261. The zero-order valence-electron chi connectivity index (χ0n) is 46.3. The van der Waals surface area contributed by atoms with E-state index in [4.69, 9.17) is 14.2 Å². The molecule has 0 spiro atoms. The Balaban J connectivity index is 4.26. The second-order valence-corrected chi connectivity index (χ2v) is 20.6. The van der Waals surface area contributed by atoms with E-state index in [9.17, 15) is 14.4 Å². The van der Waals surface area contributed by atoms with Crippen LogP contribution in [-0.2, 0) is 28.6 Å². The van der Waals surface area contributed by atoms with Gasteiger partial charge in [-0.05, 0) is 70.6 Å². The Bertz CT molecular complexity index is 1160. The van der Waals surface area contributed by atoms with E-state index in [1.807, 2.05) is 0 Å². The molecule has 0 aromatic rings. The van der Waals surface area contributed by atoms with Gasteiger partial charge < -0.3 is 14.2 Å². The fourth-order valence-electron chi connectivity index (χ4n) is 8.99. The van der Waals surface area contributed by atoms with Crippen molar-refractivity contribution in [3.05, 3.63) is 36.5 Å². The van der Waals surface area contributed by atoms with Crippen molar-refractivity contribution in [2.45, 2.75) is 335 Å². The Labute approximate surface area is 429 Å². The van der Waals surface area contributed by atoms with Crippen molar-refractivity contribution >= 4 is 17.9 Å². The summed E-state index contributed by atoms with van der Waals surface area (Å²) in [7, 11) is 0. The third kappa shape index (κ3) is 56.4. The SMILES string of the molecule is CCCC/C=C\CCCCCCCC(=O)OCC(COC(=O)CCCCCCCCCCCCCCCCCCCCCCC)OC(=O)CCCCCCCCCCC/C=C\C/C=C\CCCCC. The molecule has 0 N–H and O–H groups in total. The van der Waals surface area contributed by atoms with Gasteiger partial charge in [0.25, 0.3) is 0 Å². The highest BCUT2D eigenvalue weighted by molar-refractivity contribution is 5.71. The molecule has 0 heterocycles. The molecular weight excluding hydrogens is 853 g/mol. The van der Waals surface area contributed by atoms with Gasteiger partial charge in [-0.2, -0.15) is 0 Å². The fraction of sp³-hybridized carbons (Fsp3) is 0.857. The number of hydrogen-bond donors (Lipinski definition) is 0. The lowest BCUT2D eigenvalue weighted by Crippen LogP contribution is -2.30. The standard InChI is InChI=1S/C63H116O6/c1-4-7-10-13-16-19-22-24-26-28-30-31-33-34-36-38-41-44-47-50-53-56-62(65)68-59-60(58-67-61(64)55-52-49-46-43-40-21-18-15-12-9-6-3)69-63(66)57-54-51-48-45-42-39-37-35-32-29-27-25-23-20-17-14-11-8-5-2/h15,17-18,20,25,27,60H,4-14,16,19,21-24,26,28-59H2,1-3H3/b18-15-,20-17-,27-25-. The third-order valence-electron chi connectivity index (χ3n) is 13.6. The van der Waals surface area contributed by atoms with Gasteiger partial charge in [-0.1, -0.05) is 276 Å². The lowest BCUT2D eigenvalue weighted by atomic mass is 10.0. The summed E-state index contributed by atoms with van der Waals surface area (Å²) in [4.78, 5) is 38.2. The van der Waals surface area contributed by atoms with E-state index in [1.165, 1.54) is 218 Å². The molecule has 404 valence electrons. The first-order valence-electron chi connectivity index (χ1n) is 30.5. The zero-order chi connectivity index (χ0) is 50.0. The second kappa shape index (κ2) is 58.2. The van der Waals surface area contributed by atoms with Crippen molar-refractivity contribution in [1.29, 1.82) is 0 Å². The van der Waals surface area contributed by atoms with Crippen molar-refractivity contribution in [2.24, 2.45) is 0 Å². The largest absolute Gasteiger partial charge is 0.462 e. The average Bonchev–Trinajstić information content (AvgIpc) is 3.35. The summed E-state index contributed by atoms with van der Waals surface area (Å²) in [6.45, 7) is 6.62. The first kappa shape index (κ1) is 66.6. The molecular formula is C63H116O6. The molecule has 1 atom stereocenters. The fourth-order valence-corrected chi connectivity index (χ4v) is 8.99. The third-order valence-corrected chi connectivity index (χ3v) is 13.6. The molecule has 0 rings (SSSR count). The summed E-state index contributed by atoms with van der Waals surface area (Å²) in [5, 5.41) is 0. The minimum Gasteiger partial charge on any atom is -0.462 e. The van der Waals surface area contributed by atoms with Crippen molar-refractivity contribution in [3.63, 3.8) is 0 Å². The van der Waals surface area contributed by atoms with Gasteiger partial charge in [0, 0.05) is 19.3 Å². The molecule has 6 heteroatoms. The van der Waals surface area contributed by atoms with Crippen LogP contribution in [0.3, 0.4) is 0 Å². The minimum atomic E-state index is -0.775. The predicted molar refractivity (Wildman–Crippen MR) is 298 cm³/mol. The van der Waals surface area contributed by atoms with Crippen molar-refractivity contribution in [1.82, 2.24) is 0 Å². The van der Waals surface area contributed by atoms with E-state index in [0.29, 0.717) is 19.3 Å². The summed E-state index contributed by atoms with van der Waals surface area (Å²) in [5.41, 5.74) is 0. The smallest absolute Gasteiger partial charge is 0.306 e. The number of allylic oxidation sites excluding steroid dienone is 6. The summed E-state index contributed by atoms with van der Waals surface area (Å²) in [5.74, 6) is -0.868. The second-order valence-electron chi connectivity index (χ2n) is 20.6. The van der Waals surface area contributed by atoms with Crippen LogP contribution in [0.25, 0.3) is 0 Å². The van der Waals surface area contributed by atoms with Gasteiger partial charge in [0.2, 0.25) is 0 Å². The van der Waals surface area contributed by atoms with Gasteiger partial charge in [0.15, 0.2) is 6.10 Å². The van der Waals surface area contributed by atoms with E-state index in [1.54, 1.807) is 0 Å². The predicted octanol–water partition coefficient (Wildman–Crippen LogP) is 20.4. The number of carbonyl (C=O) groups is 3. The topological polar surface area (TPSA) is 78.9 Å². The number of carbonyl (C=O) groups excluding carboxylic acids is 3. The maximum absolute atomic E-state index is 12.9. The van der Waals surface area contributed by atoms with Gasteiger partial charge >= 0.3 is 17.9 Å². The van der Waals surface area contributed by atoms with Crippen molar-refractivity contribution in [3.8, 4) is 0 Å². The Morgan fingerprint density at radius 1 is 0.290 bits per heavy atom. The van der Waals surface area contributed by atoms with Crippen LogP contribution in [0, 0.1) is 0 Å². The molecule has 69 heavy (non-hydrogen) atoms. The molecule has 0 amide bonds. The summed E-state index contributed by atoms with van der Waals surface area (Å²) < 4.78 is 16.9. The zero-order valence-corrected chi connectivity index (χ0v) is 46.3. The molecule has 0 bridgehead atoms. The molecule has 0 aliphatic carbocycles. The summed E-state index contributed by atoms with van der Waals surface area (Å²) >= 11 is 0. The Morgan fingerprint density at radius 3 is 0.884 bits per heavy atom. The molecule has 0 saturated heterocycles. The maximum atomic E-state index is 12.9. The molecule has 0 radical (unpaired) electrons. The van der Waals surface area contributed by atoms with Gasteiger partial charge in [-0.25, -0.2) is 0 Å². The minimum absolute atomic E-state index is 0.0726. The monoisotopic (exact) mass is 969 g/mol. The lowest BCUT2D eigenvalue weighted by molar-refractivity contribution is -0.167. The van der Waals surface area contributed by atoms with Crippen LogP contribution in [0.15, 0.2) is 36.5 Å². The number of ether oxygens (including phenoxy) is 3. The maximum Gasteiger partial charge on any atom is 0.306 e. The number of unbranched alkanes of at least 4 members (excludes halogenated alkanes) is 39. The van der Waals surface area contributed by atoms with E-state index < -0.39 is 6.10 Å². The number of hydrogen-bond acceptors (Lipinski definition) is 6. The highest BCUT2D eigenvalue weighted by atomic mass is 16.6. The van der Waals surface area contributed by atoms with Crippen LogP contribution in [0.1, 0.15) is 329 Å². The Hall–Kier alpha value is -2.37. The highest BCUT2D eigenvalue weighted by Gasteiger charge is 2.19. The Kier molecular flexibility index (Phi) is 56.2. The van der Waals surface area contributed by atoms with Crippen LogP contribution < -0.4 is 0 Å². The van der Waals surface area contributed by atoms with Crippen LogP contribution in [-0.4, -0.2) is 37.2 Å². The molecule has 0 aromatic carbocycles. The van der Waals surface area contributed by atoms with Crippen molar-refractivity contribution in [2.75, 3.05) is 13.2 Å². The Morgan fingerprint density at radius 2 is 0.536 bits per heavy atom. The molecule has 6 nitrogen and oxygen atoms in total. The summed E-state index contributed by atoms with van der Waals surface area (Å²) in [6.07, 6.45) is 70.0. The number of esters is 3. The molecule has 0 fully saturated rings. The van der Waals surface area contributed by atoms with Crippen LogP contribution in [0.4, 0.5) is 0 Å². The van der Waals surface area contributed by atoms with Gasteiger partial charge in [0.1, 0.15) is 13.2 Å².